The minimum Gasteiger partial charge on any atom is -0.494 e. The molecule has 11 nitrogen and oxygen atoms in total. The van der Waals surface area contributed by atoms with Gasteiger partial charge in [-0.05, 0) is 42.9 Å². The monoisotopic (exact) mass is 605 g/mol. The van der Waals surface area contributed by atoms with Crippen molar-refractivity contribution in [3.63, 3.8) is 0 Å². The molecular formula is C33H39N3O8. The summed E-state index contributed by atoms with van der Waals surface area (Å²) < 4.78 is 2.18. The van der Waals surface area contributed by atoms with Crippen LogP contribution in [0.4, 0.5) is 0 Å². The van der Waals surface area contributed by atoms with E-state index in [4.69, 9.17) is 4.84 Å². The lowest BCUT2D eigenvalue weighted by Crippen LogP contribution is -2.42. The van der Waals surface area contributed by atoms with E-state index in [0.717, 1.165) is 11.1 Å². The molecule has 5 aliphatic rings. The van der Waals surface area contributed by atoms with Gasteiger partial charge in [0.1, 0.15) is 17.5 Å². The fourth-order valence-corrected chi connectivity index (χ4v) is 7.40. The van der Waals surface area contributed by atoms with Crippen molar-refractivity contribution in [3.05, 3.63) is 47.6 Å². The van der Waals surface area contributed by atoms with Crippen molar-refractivity contribution in [2.45, 2.75) is 77.2 Å². The van der Waals surface area contributed by atoms with Crippen molar-refractivity contribution in [2.75, 3.05) is 6.54 Å². The lowest BCUT2D eigenvalue weighted by atomic mass is 9.56. The van der Waals surface area contributed by atoms with Crippen molar-refractivity contribution in [1.82, 2.24) is 9.30 Å². The first-order chi connectivity index (χ1) is 21.0. The Bertz CT molecular complexity index is 1510. The van der Waals surface area contributed by atoms with Gasteiger partial charge in [-0.25, -0.2) is 4.79 Å². The van der Waals surface area contributed by atoms with Gasteiger partial charge in [-0.15, -0.1) is 4.73 Å². The maximum absolute atomic E-state index is 13.2. The Morgan fingerprint density at radius 2 is 1.43 bits per heavy atom. The summed E-state index contributed by atoms with van der Waals surface area (Å²) in [5.74, 6) is -1.69. The molecule has 44 heavy (non-hydrogen) atoms. The van der Waals surface area contributed by atoms with E-state index in [1.807, 2.05) is 13.8 Å². The first kappa shape index (κ1) is 29.8. The van der Waals surface area contributed by atoms with Gasteiger partial charge in [-0.3, -0.25) is 19.1 Å². The summed E-state index contributed by atoms with van der Waals surface area (Å²) in [6, 6.07) is 2.39. The normalized spacial score (nSPS) is 25.2. The van der Waals surface area contributed by atoms with E-state index in [1.54, 1.807) is 4.57 Å². The molecule has 4 atom stereocenters. The van der Waals surface area contributed by atoms with Crippen LogP contribution in [0.25, 0.3) is 0 Å². The third-order valence-corrected chi connectivity index (χ3v) is 9.50. The number of rotatable bonds is 11. The molecule has 0 amide bonds. The van der Waals surface area contributed by atoms with E-state index >= 15 is 0 Å². The first-order valence-corrected chi connectivity index (χ1v) is 15.4. The average Bonchev–Trinajstić information content (AvgIpc) is 3.37. The number of hydrogen-bond donors (Lipinski definition) is 4. The number of carbonyl (C=O) groups excluding carboxylic acids is 3. The second-order valence-corrected chi connectivity index (χ2v) is 13.2. The second-order valence-electron chi connectivity index (χ2n) is 13.2. The van der Waals surface area contributed by atoms with Crippen LogP contribution in [0.2, 0.25) is 0 Å². The number of Topliss-reactive ketones (excluding diaryl/α,β-unsaturated/α-hetero) is 2. The molecule has 1 saturated carbocycles. The Balaban J connectivity index is 1.11. The SMILES string of the molecule is CC1(C)CC(=O)C(C(CCCn2c(O)c3c(c2O)C2C=CC3C3C=CC23)=NCCCCC(=O)On2c(O)ccc2O)C(=O)C1. The van der Waals surface area contributed by atoms with Crippen molar-refractivity contribution in [1.29, 1.82) is 0 Å². The van der Waals surface area contributed by atoms with E-state index in [2.05, 4.69) is 29.3 Å². The summed E-state index contributed by atoms with van der Waals surface area (Å²) >= 11 is 0. The van der Waals surface area contributed by atoms with Gasteiger partial charge < -0.3 is 25.3 Å². The molecule has 7 rings (SSSR count). The van der Waals surface area contributed by atoms with Crippen LogP contribution in [0.5, 0.6) is 23.5 Å². The largest absolute Gasteiger partial charge is 0.494 e. The van der Waals surface area contributed by atoms with E-state index in [-0.39, 0.29) is 54.4 Å². The Kier molecular flexibility index (Phi) is 7.67. The quantitative estimate of drug-likeness (QED) is 0.128. The zero-order valence-electron chi connectivity index (χ0n) is 25.0. The molecule has 2 heterocycles. The third kappa shape index (κ3) is 5.22. The van der Waals surface area contributed by atoms with Gasteiger partial charge in [0.2, 0.25) is 11.8 Å². The van der Waals surface area contributed by atoms with Gasteiger partial charge in [0.15, 0.2) is 11.8 Å². The van der Waals surface area contributed by atoms with E-state index < -0.39 is 29.1 Å². The molecule has 0 spiro atoms. The summed E-state index contributed by atoms with van der Waals surface area (Å²) in [5.41, 5.74) is 1.70. The highest BCUT2D eigenvalue weighted by Crippen LogP contribution is 2.61. The zero-order chi connectivity index (χ0) is 31.3. The van der Waals surface area contributed by atoms with Crippen LogP contribution in [-0.2, 0) is 20.9 Å². The van der Waals surface area contributed by atoms with Gasteiger partial charge in [0.05, 0.1) is 0 Å². The fraction of sp³-hybridized carbons (Fsp3) is 0.515. The molecule has 0 radical (unpaired) electrons. The number of aliphatic imine (C=N–C) groups is 1. The summed E-state index contributed by atoms with van der Waals surface area (Å²) in [4.78, 5) is 48.1. The first-order valence-electron chi connectivity index (χ1n) is 15.4. The molecule has 0 saturated heterocycles. The molecule has 2 bridgehead atoms. The highest BCUT2D eigenvalue weighted by atomic mass is 16.7. The maximum atomic E-state index is 13.2. The maximum Gasteiger partial charge on any atom is 0.333 e. The van der Waals surface area contributed by atoms with Crippen LogP contribution in [0.15, 0.2) is 41.4 Å². The highest BCUT2D eigenvalue weighted by Gasteiger charge is 2.50. The minimum atomic E-state index is -0.908. The standard InChI is InChI=1S/C33H39N3O8/c1-33(2)16-23(37)30(24(38)17-33)22(34-14-4-3-7-27(41)44-36-25(39)12-13-26(36)40)6-5-15-35-31(42)28-20-10-11-21(29(28)32(35)43)19-9-8-18(19)20/h8-13,18-21,30,39-40,42-43H,3-7,14-17H2,1-2H3. The van der Waals surface area contributed by atoms with Crippen LogP contribution in [0, 0.1) is 23.2 Å². The van der Waals surface area contributed by atoms with E-state index in [1.165, 1.54) is 12.1 Å². The van der Waals surface area contributed by atoms with Crippen molar-refractivity contribution in [2.24, 2.45) is 28.2 Å². The fourth-order valence-electron chi connectivity index (χ4n) is 7.40. The van der Waals surface area contributed by atoms with Crippen molar-refractivity contribution >= 4 is 23.2 Å². The summed E-state index contributed by atoms with van der Waals surface area (Å²) in [6.45, 7) is 4.41. The number of aromatic hydroxyl groups is 4. The van der Waals surface area contributed by atoms with Gasteiger partial charge in [0, 0.05) is 73.2 Å². The Morgan fingerprint density at radius 1 is 0.864 bits per heavy atom. The van der Waals surface area contributed by atoms with E-state index in [0.29, 0.717) is 61.1 Å². The minimum absolute atomic E-state index is 0.0162. The van der Waals surface area contributed by atoms with Crippen molar-refractivity contribution in [3.8, 4) is 23.5 Å². The van der Waals surface area contributed by atoms with Crippen LogP contribution >= 0.6 is 0 Å². The number of unbranched alkanes of at least 4 members (excludes halogenated alkanes) is 1. The van der Waals surface area contributed by atoms with E-state index in [9.17, 15) is 34.8 Å². The molecule has 2 aromatic rings. The van der Waals surface area contributed by atoms with Gasteiger partial charge in [-0.2, -0.15) is 0 Å². The predicted molar refractivity (Wildman–Crippen MR) is 160 cm³/mol. The Hall–Kier alpha value is -4.28. The molecule has 4 N–H and O–H groups in total. The summed E-state index contributed by atoms with van der Waals surface area (Å²) in [5, 5.41) is 41.6. The molecule has 0 aliphatic heterocycles. The molecule has 1 fully saturated rings. The van der Waals surface area contributed by atoms with Crippen LogP contribution in [-0.4, -0.2) is 59.5 Å². The second kappa shape index (κ2) is 11.3. The Morgan fingerprint density at radius 3 is 1.98 bits per heavy atom. The number of hydrogen-bond acceptors (Lipinski definition) is 9. The molecule has 4 unspecified atom stereocenters. The molecule has 234 valence electrons. The number of carbonyl (C=O) groups is 3. The molecule has 2 aromatic heterocycles. The van der Waals surface area contributed by atoms with Gasteiger partial charge >= 0.3 is 5.97 Å². The van der Waals surface area contributed by atoms with Gasteiger partial charge in [-0.1, -0.05) is 38.2 Å². The number of nitrogens with zero attached hydrogens (tertiary/aromatic N) is 3. The van der Waals surface area contributed by atoms with Crippen molar-refractivity contribution < 1.29 is 39.6 Å². The molecule has 5 aliphatic carbocycles. The molecular weight excluding hydrogens is 566 g/mol. The Labute approximate surface area is 255 Å². The predicted octanol–water partition coefficient (Wildman–Crippen LogP) is 4.29. The van der Waals surface area contributed by atoms with Crippen LogP contribution < -0.4 is 4.84 Å². The lowest BCUT2D eigenvalue weighted by Gasteiger charge is -2.47. The number of ketones is 2. The summed E-state index contributed by atoms with van der Waals surface area (Å²) in [6.07, 6.45) is 10.9. The highest BCUT2D eigenvalue weighted by molar-refractivity contribution is 6.22. The van der Waals surface area contributed by atoms with Crippen LogP contribution in [0.3, 0.4) is 0 Å². The van der Waals surface area contributed by atoms with Crippen LogP contribution in [0.1, 0.15) is 81.8 Å². The topological polar surface area (TPSA) is 164 Å². The zero-order valence-corrected chi connectivity index (χ0v) is 25.0. The van der Waals surface area contributed by atoms with Gasteiger partial charge in [0.25, 0.3) is 0 Å². The smallest absolute Gasteiger partial charge is 0.333 e. The molecule has 11 heteroatoms. The average molecular weight is 606 g/mol. The number of aromatic nitrogens is 2. The summed E-state index contributed by atoms with van der Waals surface area (Å²) in [7, 11) is 0. The number of allylic oxidation sites excluding steroid dienone is 4. The molecule has 0 aromatic carbocycles. The lowest BCUT2D eigenvalue weighted by molar-refractivity contribution is -0.145. The third-order valence-electron chi connectivity index (χ3n) is 9.50.